The average molecular weight is 458 g/mol. The summed E-state index contributed by atoms with van der Waals surface area (Å²) in [6.07, 6.45) is 0.470. The van der Waals surface area contributed by atoms with Crippen molar-refractivity contribution < 1.29 is 31.8 Å². The van der Waals surface area contributed by atoms with Gasteiger partial charge in [-0.2, -0.15) is 4.39 Å². The molecule has 3 nitrogen and oxygen atoms in total. The molecule has 0 unspecified atom stereocenters. The van der Waals surface area contributed by atoms with Crippen LogP contribution in [0.4, 0.5) is 17.6 Å². The Hall–Kier alpha value is -3.16. The van der Waals surface area contributed by atoms with Gasteiger partial charge >= 0.3 is 0 Å². The van der Waals surface area contributed by atoms with E-state index in [1.807, 2.05) is 6.92 Å². The van der Waals surface area contributed by atoms with Crippen LogP contribution in [0.25, 0.3) is 22.3 Å². The smallest absolute Gasteiger partial charge is 0.201 e. The number of benzene rings is 3. The summed E-state index contributed by atoms with van der Waals surface area (Å²) in [6.45, 7) is 6.24. The van der Waals surface area contributed by atoms with Crippen LogP contribution in [0.2, 0.25) is 0 Å². The molecule has 33 heavy (non-hydrogen) atoms. The van der Waals surface area contributed by atoms with Gasteiger partial charge in [-0.25, -0.2) is 13.2 Å². The first-order chi connectivity index (χ1) is 15.9. The van der Waals surface area contributed by atoms with E-state index in [2.05, 4.69) is 6.58 Å². The van der Waals surface area contributed by atoms with Gasteiger partial charge in [0.25, 0.3) is 0 Å². The Labute approximate surface area is 189 Å². The molecule has 4 rings (SSSR count). The molecule has 0 atom stereocenters. The van der Waals surface area contributed by atoms with E-state index in [4.69, 9.17) is 14.2 Å². The zero-order valence-corrected chi connectivity index (χ0v) is 17.9. The molecule has 1 aliphatic rings. The van der Waals surface area contributed by atoms with Crippen LogP contribution in [0.15, 0.2) is 61.2 Å². The lowest BCUT2D eigenvalue weighted by molar-refractivity contribution is -0.203. The van der Waals surface area contributed by atoms with Crippen molar-refractivity contribution in [1.29, 1.82) is 0 Å². The fraction of sp³-hybridized carbons (Fsp3) is 0.231. The number of hydrogen-bond donors (Lipinski definition) is 0. The highest BCUT2D eigenvalue weighted by Gasteiger charge is 2.26. The molecule has 3 aromatic carbocycles. The summed E-state index contributed by atoms with van der Waals surface area (Å²) in [7, 11) is 0. The van der Waals surface area contributed by atoms with Crippen LogP contribution in [-0.4, -0.2) is 19.8 Å². The number of hydrogen-bond acceptors (Lipinski definition) is 3. The maximum Gasteiger partial charge on any atom is 0.201 e. The van der Waals surface area contributed by atoms with E-state index in [9.17, 15) is 17.6 Å². The summed E-state index contributed by atoms with van der Waals surface area (Å²) >= 11 is 0. The van der Waals surface area contributed by atoms with Crippen molar-refractivity contribution in [3.63, 3.8) is 0 Å². The van der Waals surface area contributed by atoms with Crippen molar-refractivity contribution in [1.82, 2.24) is 0 Å². The normalized spacial score (nSPS) is 18.2. The Balaban J connectivity index is 1.59. The standard InChI is InChI=1S/C26H22F4O3/c1-3-12-31-21-11-10-19(23(28)25(21)30)17-6-4-16(5-7-17)18-8-9-20(24(29)22(18)27)26-32-13-15(2)14-33-26/h3-11,15,26H,1,12-14H2,2H3. The summed E-state index contributed by atoms with van der Waals surface area (Å²) in [5, 5.41) is 0. The van der Waals surface area contributed by atoms with Gasteiger partial charge in [0.15, 0.2) is 29.5 Å². The van der Waals surface area contributed by atoms with Gasteiger partial charge in [-0.15, -0.1) is 0 Å². The zero-order chi connectivity index (χ0) is 23.5. The van der Waals surface area contributed by atoms with Crippen LogP contribution in [0, 0.1) is 29.2 Å². The summed E-state index contributed by atoms with van der Waals surface area (Å²) in [6, 6.07) is 11.7. The average Bonchev–Trinajstić information content (AvgIpc) is 2.83. The van der Waals surface area contributed by atoms with E-state index in [0.29, 0.717) is 24.3 Å². The zero-order valence-electron chi connectivity index (χ0n) is 17.9. The van der Waals surface area contributed by atoms with E-state index in [0.717, 1.165) is 0 Å². The maximum atomic E-state index is 14.8. The van der Waals surface area contributed by atoms with Crippen molar-refractivity contribution in [3.05, 3.63) is 90.0 Å². The molecule has 0 N–H and O–H groups in total. The Bertz CT molecular complexity index is 1150. The third kappa shape index (κ3) is 4.65. The topological polar surface area (TPSA) is 27.7 Å². The summed E-state index contributed by atoms with van der Waals surface area (Å²) in [5.74, 6) is -4.28. The highest BCUT2D eigenvalue weighted by molar-refractivity contribution is 5.71. The molecule has 172 valence electrons. The fourth-order valence-corrected chi connectivity index (χ4v) is 3.59. The van der Waals surface area contributed by atoms with E-state index < -0.39 is 29.6 Å². The van der Waals surface area contributed by atoms with Gasteiger partial charge in [0.1, 0.15) is 6.61 Å². The van der Waals surface area contributed by atoms with Gasteiger partial charge in [-0.1, -0.05) is 56.0 Å². The van der Waals surface area contributed by atoms with E-state index >= 15 is 0 Å². The molecule has 0 aromatic heterocycles. The molecule has 1 heterocycles. The first kappa shape index (κ1) is 23.0. The van der Waals surface area contributed by atoms with Crippen molar-refractivity contribution in [3.8, 4) is 28.0 Å². The Morgan fingerprint density at radius 3 is 1.94 bits per heavy atom. The van der Waals surface area contributed by atoms with Crippen molar-refractivity contribution >= 4 is 0 Å². The van der Waals surface area contributed by atoms with E-state index in [-0.39, 0.29) is 35.0 Å². The van der Waals surface area contributed by atoms with Crippen LogP contribution in [-0.2, 0) is 9.47 Å². The van der Waals surface area contributed by atoms with Gasteiger partial charge in [0, 0.05) is 22.6 Å². The number of halogens is 4. The molecular formula is C26H22F4O3. The van der Waals surface area contributed by atoms with Crippen LogP contribution < -0.4 is 4.74 Å². The van der Waals surface area contributed by atoms with Gasteiger partial charge in [0.05, 0.1) is 13.2 Å². The molecule has 0 saturated carbocycles. The van der Waals surface area contributed by atoms with Crippen LogP contribution in [0.5, 0.6) is 5.75 Å². The lowest BCUT2D eigenvalue weighted by Crippen LogP contribution is -2.25. The molecule has 3 aromatic rings. The minimum atomic E-state index is -1.11. The minimum absolute atomic E-state index is 0.00363. The van der Waals surface area contributed by atoms with E-state index in [1.54, 1.807) is 0 Å². The molecule has 0 radical (unpaired) electrons. The number of ether oxygens (including phenoxy) is 3. The van der Waals surface area contributed by atoms with Gasteiger partial charge in [-0.05, 0) is 23.3 Å². The first-order valence-electron chi connectivity index (χ1n) is 10.4. The van der Waals surface area contributed by atoms with Gasteiger partial charge in [0.2, 0.25) is 5.82 Å². The second-order valence-electron chi connectivity index (χ2n) is 7.85. The first-order valence-corrected chi connectivity index (χ1v) is 10.4. The van der Waals surface area contributed by atoms with Crippen LogP contribution in [0.3, 0.4) is 0 Å². The lowest BCUT2D eigenvalue weighted by atomic mass is 9.98. The Morgan fingerprint density at radius 1 is 0.818 bits per heavy atom. The third-order valence-corrected chi connectivity index (χ3v) is 5.34. The SMILES string of the molecule is C=CCOc1ccc(-c2ccc(-c3ccc(C4OCC(C)CO4)c(F)c3F)cc2)c(F)c1F. The highest BCUT2D eigenvalue weighted by atomic mass is 19.2. The third-order valence-electron chi connectivity index (χ3n) is 5.34. The second kappa shape index (κ2) is 9.77. The highest BCUT2D eigenvalue weighted by Crippen LogP contribution is 2.35. The Morgan fingerprint density at radius 2 is 1.36 bits per heavy atom. The maximum absolute atomic E-state index is 14.8. The van der Waals surface area contributed by atoms with Crippen molar-refractivity contribution in [2.75, 3.05) is 19.8 Å². The monoisotopic (exact) mass is 458 g/mol. The predicted octanol–water partition coefficient (Wildman–Crippen LogP) is 6.82. The molecule has 0 amide bonds. The summed E-state index contributed by atoms with van der Waals surface area (Å²) in [5.41, 5.74) is 0.810. The quantitative estimate of drug-likeness (QED) is 0.300. The molecule has 0 spiro atoms. The van der Waals surface area contributed by atoms with Gasteiger partial charge < -0.3 is 14.2 Å². The molecule has 0 aliphatic carbocycles. The minimum Gasteiger partial charge on any atom is -0.486 e. The lowest BCUT2D eigenvalue weighted by Gasteiger charge is -2.28. The molecule has 0 bridgehead atoms. The molecular weight excluding hydrogens is 436 g/mol. The fourth-order valence-electron chi connectivity index (χ4n) is 3.59. The van der Waals surface area contributed by atoms with Gasteiger partial charge in [-0.3, -0.25) is 0 Å². The molecule has 1 saturated heterocycles. The molecule has 1 aliphatic heterocycles. The van der Waals surface area contributed by atoms with Crippen molar-refractivity contribution in [2.24, 2.45) is 5.92 Å². The van der Waals surface area contributed by atoms with Crippen LogP contribution in [0.1, 0.15) is 18.8 Å². The van der Waals surface area contributed by atoms with E-state index in [1.165, 1.54) is 54.6 Å². The summed E-state index contributed by atoms with van der Waals surface area (Å²) < 4.78 is 74.4. The molecule has 1 fully saturated rings. The molecule has 7 heteroatoms. The largest absolute Gasteiger partial charge is 0.486 e. The Kier molecular flexibility index (Phi) is 6.81. The predicted molar refractivity (Wildman–Crippen MR) is 117 cm³/mol. The van der Waals surface area contributed by atoms with Crippen molar-refractivity contribution in [2.45, 2.75) is 13.2 Å². The number of rotatable bonds is 6. The summed E-state index contributed by atoms with van der Waals surface area (Å²) in [4.78, 5) is 0. The van der Waals surface area contributed by atoms with Crippen LogP contribution >= 0.6 is 0 Å². The second-order valence-corrected chi connectivity index (χ2v) is 7.85.